The van der Waals surface area contributed by atoms with E-state index in [1.807, 2.05) is 0 Å². The van der Waals surface area contributed by atoms with E-state index >= 15 is 0 Å². The van der Waals surface area contributed by atoms with Gasteiger partial charge in [0.2, 0.25) is 5.95 Å². The summed E-state index contributed by atoms with van der Waals surface area (Å²) >= 11 is 0. The molecule has 2 heterocycles. The van der Waals surface area contributed by atoms with Crippen molar-refractivity contribution in [3.63, 3.8) is 0 Å². The van der Waals surface area contributed by atoms with E-state index in [9.17, 15) is 0 Å². The van der Waals surface area contributed by atoms with Gasteiger partial charge < -0.3 is 9.80 Å². The van der Waals surface area contributed by atoms with E-state index in [1.165, 1.54) is 18.4 Å². The normalized spacial score (nSPS) is 14.4. The Balaban J connectivity index is 1.84. The molecular formula is C18H24N4. The van der Waals surface area contributed by atoms with Gasteiger partial charge in [-0.1, -0.05) is 30.3 Å². The van der Waals surface area contributed by atoms with Gasteiger partial charge in [0.25, 0.3) is 0 Å². The van der Waals surface area contributed by atoms with Crippen LogP contribution < -0.4 is 9.80 Å². The van der Waals surface area contributed by atoms with Crippen LogP contribution in [0.4, 0.5) is 11.8 Å². The molecule has 0 radical (unpaired) electrons. The highest BCUT2D eigenvalue weighted by atomic mass is 15.3. The molecule has 0 spiro atoms. The van der Waals surface area contributed by atoms with E-state index in [2.05, 4.69) is 65.0 Å². The number of hydrogen-bond donors (Lipinski definition) is 0. The minimum Gasteiger partial charge on any atom is -0.352 e. The largest absolute Gasteiger partial charge is 0.352 e. The van der Waals surface area contributed by atoms with Crippen molar-refractivity contribution < 1.29 is 0 Å². The number of benzene rings is 1. The fraction of sp³-hybridized carbons (Fsp3) is 0.444. The molecule has 0 N–H and O–H groups in total. The van der Waals surface area contributed by atoms with Crippen LogP contribution in [0, 0.1) is 6.92 Å². The van der Waals surface area contributed by atoms with Crippen molar-refractivity contribution in [1.29, 1.82) is 0 Å². The molecule has 4 nitrogen and oxygen atoms in total. The molecule has 0 aliphatic carbocycles. The van der Waals surface area contributed by atoms with Crippen molar-refractivity contribution in [1.82, 2.24) is 9.97 Å². The monoisotopic (exact) mass is 296 g/mol. The highest BCUT2D eigenvalue weighted by Gasteiger charge is 2.17. The minimum absolute atomic E-state index is 0.882. The molecule has 0 unspecified atom stereocenters. The fourth-order valence-corrected chi connectivity index (χ4v) is 2.92. The Kier molecular flexibility index (Phi) is 4.56. The molecule has 1 aromatic carbocycles. The fourth-order valence-electron chi connectivity index (χ4n) is 2.92. The molecule has 2 aromatic rings. The molecule has 1 aromatic heterocycles. The molecule has 0 bridgehead atoms. The third kappa shape index (κ3) is 3.38. The van der Waals surface area contributed by atoms with Crippen LogP contribution in [-0.2, 0) is 6.54 Å². The highest BCUT2D eigenvalue weighted by molar-refractivity contribution is 5.46. The van der Waals surface area contributed by atoms with Crippen molar-refractivity contribution in [2.24, 2.45) is 0 Å². The van der Waals surface area contributed by atoms with Gasteiger partial charge in [0.05, 0.1) is 0 Å². The van der Waals surface area contributed by atoms with Gasteiger partial charge in [-0.25, -0.2) is 4.98 Å². The van der Waals surface area contributed by atoms with E-state index in [-0.39, 0.29) is 0 Å². The van der Waals surface area contributed by atoms with Crippen LogP contribution >= 0.6 is 0 Å². The zero-order valence-corrected chi connectivity index (χ0v) is 13.5. The molecule has 1 saturated heterocycles. The molecular weight excluding hydrogens is 272 g/mol. The van der Waals surface area contributed by atoms with Crippen LogP contribution in [0.1, 0.15) is 31.0 Å². The van der Waals surface area contributed by atoms with Crippen molar-refractivity contribution in [3.05, 3.63) is 47.7 Å². The SMILES string of the molecule is CCN(Cc1ccccc1)c1cc(C)nc(N2CCCC2)n1. The van der Waals surface area contributed by atoms with E-state index in [0.717, 1.165) is 43.6 Å². The zero-order chi connectivity index (χ0) is 15.4. The summed E-state index contributed by atoms with van der Waals surface area (Å²) < 4.78 is 0. The van der Waals surface area contributed by atoms with E-state index in [4.69, 9.17) is 4.98 Å². The number of rotatable bonds is 5. The van der Waals surface area contributed by atoms with Crippen LogP contribution in [0.25, 0.3) is 0 Å². The standard InChI is InChI=1S/C18H24N4/c1-3-21(14-16-9-5-4-6-10-16)17-13-15(2)19-18(20-17)22-11-7-8-12-22/h4-6,9-10,13H,3,7-8,11-12,14H2,1-2H3. The smallest absolute Gasteiger partial charge is 0.227 e. The minimum atomic E-state index is 0.882. The van der Waals surface area contributed by atoms with Gasteiger partial charge in [0, 0.05) is 37.9 Å². The highest BCUT2D eigenvalue weighted by Crippen LogP contribution is 2.22. The third-order valence-electron chi connectivity index (χ3n) is 4.14. The molecule has 1 fully saturated rings. The van der Waals surface area contributed by atoms with Gasteiger partial charge in [0.15, 0.2) is 0 Å². The summed E-state index contributed by atoms with van der Waals surface area (Å²) in [5.41, 5.74) is 2.35. The Labute approximate surface area is 132 Å². The number of aryl methyl sites for hydroxylation is 1. The molecule has 1 aliphatic rings. The maximum absolute atomic E-state index is 4.82. The molecule has 22 heavy (non-hydrogen) atoms. The van der Waals surface area contributed by atoms with E-state index in [0.29, 0.717) is 0 Å². The Morgan fingerprint density at radius 3 is 2.50 bits per heavy atom. The predicted octanol–water partition coefficient (Wildman–Crippen LogP) is 3.41. The first-order chi connectivity index (χ1) is 10.8. The lowest BCUT2D eigenvalue weighted by molar-refractivity contribution is 0.797. The van der Waals surface area contributed by atoms with Crippen LogP contribution in [-0.4, -0.2) is 29.6 Å². The first kappa shape index (κ1) is 14.8. The van der Waals surface area contributed by atoms with Crippen molar-refractivity contribution in [3.8, 4) is 0 Å². The summed E-state index contributed by atoms with van der Waals surface area (Å²) in [6.45, 7) is 8.20. The van der Waals surface area contributed by atoms with Crippen LogP contribution in [0.3, 0.4) is 0 Å². The summed E-state index contributed by atoms with van der Waals surface area (Å²) in [5, 5.41) is 0. The van der Waals surface area contributed by atoms with Crippen LogP contribution in [0.5, 0.6) is 0 Å². The van der Waals surface area contributed by atoms with Crippen molar-refractivity contribution in [2.45, 2.75) is 33.2 Å². The van der Waals surface area contributed by atoms with Gasteiger partial charge in [-0.05, 0) is 32.3 Å². The Morgan fingerprint density at radius 2 is 1.82 bits per heavy atom. The lowest BCUT2D eigenvalue weighted by atomic mass is 10.2. The van der Waals surface area contributed by atoms with E-state index < -0.39 is 0 Å². The molecule has 3 rings (SSSR count). The number of aromatic nitrogens is 2. The first-order valence-electron chi connectivity index (χ1n) is 8.16. The lowest BCUT2D eigenvalue weighted by Crippen LogP contribution is -2.26. The quantitative estimate of drug-likeness (QED) is 0.846. The zero-order valence-electron chi connectivity index (χ0n) is 13.5. The van der Waals surface area contributed by atoms with Gasteiger partial charge in [0.1, 0.15) is 5.82 Å². The summed E-state index contributed by atoms with van der Waals surface area (Å²) in [4.78, 5) is 14.1. The van der Waals surface area contributed by atoms with Crippen LogP contribution in [0.15, 0.2) is 36.4 Å². The van der Waals surface area contributed by atoms with Gasteiger partial charge in [-0.15, -0.1) is 0 Å². The van der Waals surface area contributed by atoms with Crippen molar-refractivity contribution >= 4 is 11.8 Å². The third-order valence-corrected chi connectivity index (χ3v) is 4.14. The topological polar surface area (TPSA) is 32.3 Å². The molecule has 116 valence electrons. The molecule has 4 heteroatoms. The maximum Gasteiger partial charge on any atom is 0.227 e. The number of anilines is 2. The van der Waals surface area contributed by atoms with Gasteiger partial charge in [-0.3, -0.25) is 0 Å². The van der Waals surface area contributed by atoms with Gasteiger partial charge >= 0.3 is 0 Å². The molecule has 0 amide bonds. The van der Waals surface area contributed by atoms with Crippen molar-refractivity contribution in [2.75, 3.05) is 29.4 Å². The predicted molar refractivity (Wildman–Crippen MR) is 91.4 cm³/mol. The number of hydrogen-bond acceptors (Lipinski definition) is 4. The second-order valence-corrected chi connectivity index (χ2v) is 5.86. The number of nitrogens with zero attached hydrogens (tertiary/aromatic N) is 4. The lowest BCUT2D eigenvalue weighted by Gasteiger charge is -2.24. The Morgan fingerprint density at radius 1 is 1.09 bits per heavy atom. The molecule has 0 saturated carbocycles. The summed E-state index contributed by atoms with van der Waals surface area (Å²) in [6.07, 6.45) is 2.49. The van der Waals surface area contributed by atoms with Gasteiger partial charge in [-0.2, -0.15) is 4.98 Å². The molecule has 1 aliphatic heterocycles. The summed E-state index contributed by atoms with van der Waals surface area (Å²) in [5.74, 6) is 1.92. The average Bonchev–Trinajstić information content (AvgIpc) is 3.07. The average molecular weight is 296 g/mol. The second kappa shape index (κ2) is 6.77. The Bertz CT molecular complexity index is 606. The maximum atomic E-state index is 4.82. The van der Waals surface area contributed by atoms with Crippen LogP contribution in [0.2, 0.25) is 0 Å². The second-order valence-electron chi connectivity index (χ2n) is 5.86. The van der Waals surface area contributed by atoms with E-state index in [1.54, 1.807) is 0 Å². The summed E-state index contributed by atoms with van der Waals surface area (Å²) in [7, 11) is 0. The molecule has 0 atom stereocenters. The summed E-state index contributed by atoms with van der Waals surface area (Å²) in [6, 6.07) is 12.6. The first-order valence-corrected chi connectivity index (χ1v) is 8.16. The Hall–Kier alpha value is -2.10.